The molecule has 0 aliphatic carbocycles. The minimum Gasteiger partial charge on any atom is -0.462 e. The van der Waals surface area contributed by atoms with E-state index in [1.165, 1.54) is 18.3 Å². The van der Waals surface area contributed by atoms with Gasteiger partial charge >= 0.3 is 5.97 Å². The van der Waals surface area contributed by atoms with Crippen LogP contribution in [0.3, 0.4) is 0 Å². The molecule has 1 aromatic heterocycles. The molecule has 0 fully saturated rings. The number of nitrogens with one attached hydrogen (secondary N) is 2. The number of hydrogen-bond acceptors (Lipinski definition) is 5. The predicted molar refractivity (Wildman–Crippen MR) is 98.4 cm³/mol. The van der Waals surface area contributed by atoms with Gasteiger partial charge in [0.25, 0.3) is 5.91 Å². The molecule has 1 aromatic carbocycles. The Kier molecular flexibility index (Phi) is 6.30. The summed E-state index contributed by atoms with van der Waals surface area (Å²) in [5, 5.41) is 5.86. The molecule has 0 aliphatic rings. The molecule has 1 heterocycles. The van der Waals surface area contributed by atoms with E-state index >= 15 is 0 Å². The molecule has 0 saturated carbocycles. The number of thiophene rings is 1. The smallest absolute Gasteiger partial charge is 0.341 e. The Bertz CT molecular complexity index is 798. The summed E-state index contributed by atoms with van der Waals surface area (Å²) >= 11 is 1.35. The van der Waals surface area contributed by atoms with Crippen molar-refractivity contribution in [3.05, 3.63) is 46.3 Å². The lowest BCUT2D eigenvalue weighted by atomic mass is 10.2. The first kappa shape index (κ1) is 18.7. The number of benzene rings is 1. The van der Waals surface area contributed by atoms with Crippen molar-refractivity contribution in [2.75, 3.05) is 17.2 Å². The van der Waals surface area contributed by atoms with E-state index in [1.54, 1.807) is 37.3 Å². The number of amides is 2. The Morgan fingerprint density at radius 1 is 1.12 bits per heavy atom. The van der Waals surface area contributed by atoms with Crippen molar-refractivity contribution in [3.8, 4) is 0 Å². The van der Waals surface area contributed by atoms with Gasteiger partial charge in [0.1, 0.15) is 5.00 Å². The van der Waals surface area contributed by atoms with Gasteiger partial charge in [-0.2, -0.15) is 0 Å². The number of anilines is 2. The molecule has 132 valence electrons. The highest BCUT2D eigenvalue weighted by Crippen LogP contribution is 2.30. The van der Waals surface area contributed by atoms with Crippen LogP contribution in [0.15, 0.2) is 30.3 Å². The molecule has 0 aliphatic heterocycles. The van der Waals surface area contributed by atoms with Crippen LogP contribution in [0.2, 0.25) is 0 Å². The summed E-state index contributed by atoms with van der Waals surface area (Å²) in [7, 11) is 0. The second-order valence-electron chi connectivity index (χ2n) is 5.25. The fourth-order valence-corrected chi connectivity index (χ4v) is 3.17. The van der Waals surface area contributed by atoms with Gasteiger partial charge in [-0.25, -0.2) is 4.79 Å². The van der Waals surface area contributed by atoms with E-state index in [4.69, 9.17) is 4.74 Å². The summed E-state index contributed by atoms with van der Waals surface area (Å²) in [6.45, 7) is 5.37. The highest BCUT2D eigenvalue weighted by atomic mass is 32.1. The standard InChI is InChI=1S/C18H20N2O4S/c1-4-14-10-15(18(23)24-5-2)17(25-14)20-16(22)12-7-6-8-13(9-12)19-11(3)21/h6-10H,4-5H2,1-3H3,(H,19,21)(H,20,22). The number of ether oxygens (including phenoxy) is 1. The van der Waals surface area contributed by atoms with Gasteiger partial charge in [-0.1, -0.05) is 13.0 Å². The van der Waals surface area contributed by atoms with Crippen LogP contribution in [-0.2, 0) is 16.0 Å². The van der Waals surface area contributed by atoms with E-state index in [1.807, 2.05) is 6.92 Å². The fourth-order valence-electron chi connectivity index (χ4n) is 2.19. The Morgan fingerprint density at radius 3 is 2.52 bits per heavy atom. The van der Waals surface area contributed by atoms with Crippen molar-refractivity contribution >= 4 is 39.8 Å². The number of aryl methyl sites for hydroxylation is 1. The van der Waals surface area contributed by atoms with Gasteiger partial charge < -0.3 is 15.4 Å². The van der Waals surface area contributed by atoms with Crippen LogP contribution in [0.5, 0.6) is 0 Å². The van der Waals surface area contributed by atoms with Crippen LogP contribution >= 0.6 is 11.3 Å². The highest BCUT2D eigenvalue weighted by Gasteiger charge is 2.19. The molecule has 0 atom stereocenters. The number of esters is 1. The topological polar surface area (TPSA) is 84.5 Å². The molecule has 7 heteroatoms. The van der Waals surface area contributed by atoms with E-state index in [9.17, 15) is 14.4 Å². The summed E-state index contributed by atoms with van der Waals surface area (Å²) in [6, 6.07) is 8.33. The van der Waals surface area contributed by atoms with E-state index in [0.29, 0.717) is 21.8 Å². The lowest BCUT2D eigenvalue weighted by molar-refractivity contribution is -0.114. The van der Waals surface area contributed by atoms with E-state index in [-0.39, 0.29) is 18.4 Å². The molecule has 6 nitrogen and oxygen atoms in total. The second-order valence-corrected chi connectivity index (χ2v) is 6.38. The first-order valence-electron chi connectivity index (χ1n) is 7.93. The van der Waals surface area contributed by atoms with Gasteiger partial charge in [-0.05, 0) is 37.6 Å². The molecule has 0 spiro atoms. The summed E-state index contributed by atoms with van der Waals surface area (Å²) in [5.74, 6) is -1.03. The third-order valence-electron chi connectivity index (χ3n) is 3.30. The van der Waals surface area contributed by atoms with Crippen LogP contribution in [0.25, 0.3) is 0 Å². The first-order valence-corrected chi connectivity index (χ1v) is 8.75. The summed E-state index contributed by atoms with van der Waals surface area (Å²) in [6.07, 6.45) is 0.755. The summed E-state index contributed by atoms with van der Waals surface area (Å²) < 4.78 is 5.05. The van der Waals surface area contributed by atoms with Crippen LogP contribution in [0.4, 0.5) is 10.7 Å². The zero-order chi connectivity index (χ0) is 18.4. The maximum Gasteiger partial charge on any atom is 0.341 e. The summed E-state index contributed by atoms with van der Waals surface area (Å²) in [4.78, 5) is 36.7. The largest absolute Gasteiger partial charge is 0.462 e. The molecule has 2 rings (SSSR count). The van der Waals surface area contributed by atoms with Crippen LogP contribution in [0, 0.1) is 0 Å². The maximum absolute atomic E-state index is 12.5. The van der Waals surface area contributed by atoms with Gasteiger partial charge in [-0.3, -0.25) is 9.59 Å². The molecular formula is C18H20N2O4S. The highest BCUT2D eigenvalue weighted by molar-refractivity contribution is 7.16. The monoisotopic (exact) mass is 360 g/mol. The number of hydrogen-bond donors (Lipinski definition) is 2. The second kappa shape index (κ2) is 8.43. The van der Waals surface area contributed by atoms with Crippen molar-refractivity contribution in [3.63, 3.8) is 0 Å². The zero-order valence-electron chi connectivity index (χ0n) is 14.3. The van der Waals surface area contributed by atoms with Crippen molar-refractivity contribution in [2.24, 2.45) is 0 Å². The van der Waals surface area contributed by atoms with Crippen LogP contribution in [0.1, 0.15) is 46.4 Å². The molecule has 0 unspecified atom stereocenters. The molecule has 25 heavy (non-hydrogen) atoms. The molecule has 0 bridgehead atoms. The fraction of sp³-hybridized carbons (Fsp3) is 0.278. The lowest BCUT2D eigenvalue weighted by Crippen LogP contribution is -2.15. The number of rotatable bonds is 6. The maximum atomic E-state index is 12.5. The SMILES string of the molecule is CCOC(=O)c1cc(CC)sc1NC(=O)c1cccc(NC(C)=O)c1. The van der Waals surface area contributed by atoms with Gasteiger partial charge in [-0.15, -0.1) is 11.3 Å². The Labute approximate surface area is 150 Å². The predicted octanol–water partition coefficient (Wildman–Crippen LogP) is 3.70. The van der Waals surface area contributed by atoms with Crippen molar-refractivity contribution in [1.82, 2.24) is 0 Å². The molecule has 2 amide bonds. The van der Waals surface area contributed by atoms with Crippen molar-refractivity contribution in [2.45, 2.75) is 27.2 Å². The lowest BCUT2D eigenvalue weighted by Gasteiger charge is -2.08. The van der Waals surface area contributed by atoms with Gasteiger partial charge in [0.05, 0.1) is 12.2 Å². The molecule has 0 radical (unpaired) electrons. The quantitative estimate of drug-likeness (QED) is 0.769. The normalized spacial score (nSPS) is 10.2. The Morgan fingerprint density at radius 2 is 1.88 bits per heavy atom. The van der Waals surface area contributed by atoms with E-state index in [2.05, 4.69) is 10.6 Å². The zero-order valence-corrected chi connectivity index (χ0v) is 15.2. The number of carbonyl (C=O) groups excluding carboxylic acids is 3. The van der Waals surface area contributed by atoms with E-state index in [0.717, 1.165) is 11.3 Å². The average Bonchev–Trinajstić information content (AvgIpc) is 2.98. The Hall–Kier alpha value is -2.67. The first-order chi connectivity index (χ1) is 11.9. The van der Waals surface area contributed by atoms with E-state index < -0.39 is 5.97 Å². The minimum atomic E-state index is -0.458. The average molecular weight is 360 g/mol. The minimum absolute atomic E-state index is 0.215. The van der Waals surface area contributed by atoms with Gasteiger partial charge in [0, 0.05) is 23.1 Å². The third kappa shape index (κ3) is 4.90. The van der Waals surface area contributed by atoms with Crippen LogP contribution in [-0.4, -0.2) is 24.4 Å². The molecular weight excluding hydrogens is 340 g/mol. The summed E-state index contributed by atoms with van der Waals surface area (Å²) in [5.41, 5.74) is 1.27. The molecule has 2 aromatic rings. The molecule has 0 saturated heterocycles. The van der Waals surface area contributed by atoms with Gasteiger partial charge in [0.15, 0.2) is 0 Å². The molecule has 2 N–H and O–H groups in total. The van der Waals surface area contributed by atoms with Crippen molar-refractivity contribution in [1.29, 1.82) is 0 Å². The number of carbonyl (C=O) groups is 3. The Balaban J connectivity index is 2.24. The van der Waals surface area contributed by atoms with Crippen LogP contribution < -0.4 is 10.6 Å². The van der Waals surface area contributed by atoms with Crippen molar-refractivity contribution < 1.29 is 19.1 Å². The van der Waals surface area contributed by atoms with Gasteiger partial charge in [0.2, 0.25) is 5.91 Å². The third-order valence-corrected chi connectivity index (χ3v) is 4.49.